The maximum atomic E-state index is 9.41. The molecule has 1 aromatic carbocycles. The summed E-state index contributed by atoms with van der Waals surface area (Å²) in [7, 11) is 1.67. The van der Waals surface area contributed by atoms with E-state index in [4.69, 9.17) is 9.47 Å². The number of hydrogen-bond acceptors (Lipinski definition) is 3. The Morgan fingerprint density at radius 2 is 2.00 bits per heavy atom. The number of hydrogen-bond donors (Lipinski definition) is 1. The predicted molar refractivity (Wildman–Crippen MR) is 66.0 cm³/mol. The van der Waals surface area contributed by atoms with Crippen molar-refractivity contribution in [3.63, 3.8) is 0 Å². The minimum Gasteiger partial charge on any atom is -0.497 e. The van der Waals surface area contributed by atoms with Crippen molar-refractivity contribution in [2.45, 2.75) is 44.5 Å². The molecule has 0 amide bonds. The molecule has 1 saturated carbocycles. The smallest absolute Gasteiger partial charge is 0.119 e. The van der Waals surface area contributed by atoms with E-state index in [1.807, 2.05) is 24.3 Å². The first-order valence-electron chi connectivity index (χ1n) is 6.20. The highest BCUT2D eigenvalue weighted by Gasteiger charge is 2.19. The minimum atomic E-state index is -0.119. The van der Waals surface area contributed by atoms with Crippen molar-refractivity contribution in [1.29, 1.82) is 0 Å². The van der Waals surface area contributed by atoms with Crippen LogP contribution < -0.4 is 4.74 Å². The normalized spacial score (nSPS) is 24.6. The summed E-state index contributed by atoms with van der Waals surface area (Å²) in [6.45, 7) is 0.623. The first-order chi connectivity index (χ1) is 8.28. The van der Waals surface area contributed by atoms with E-state index in [9.17, 15) is 5.11 Å². The van der Waals surface area contributed by atoms with Crippen molar-refractivity contribution in [2.24, 2.45) is 0 Å². The lowest BCUT2D eigenvalue weighted by Crippen LogP contribution is -2.24. The molecule has 17 heavy (non-hydrogen) atoms. The summed E-state index contributed by atoms with van der Waals surface area (Å²) in [4.78, 5) is 0. The lowest BCUT2D eigenvalue weighted by atomic mass is 9.95. The molecule has 1 aliphatic rings. The second-order valence-electron chi connectivity index (χ2n) is 4.59. The lowest BCUT2D eigenvalue weighted by molar-refractivity contribution is -0.0119. The fourth-order valence-electron chi connectivity index (χ4n) is 2.19. The Hall–Kier alpha value is -1.06. The van der Waals surface area contributed by atoms with Gasteiger partial charge in [0.05, 0.1) is 25.9 Å². The summed E-state index contributed by atoms with van der Waals surface area (Å²) in [6.07, 6.45) is 3.83. The highest BCUT2D eigenvalue weighted by molar-refractivity contribution is 5.27. The van der Waals surface area contributed by atoms with Crippen LogP contribution >= 0.6 is 0 Å². The molecule has 0 bridgehead atoms. The van der Waals surface area contributed by atoms with E-state index in [1.54, 1.807) is 7.11 Å². The second-order valence-corrected chi connectivity index (χ2v) is 4.59. The Balaban J connectivity index is 1.81. The van der Waals surface area contributed by atoms with Gasteiger partial charge in [0.1, 0.15) is 5.75 Å². The fraction of sp³-hybridized carbons (Fsp3) is 0.571. The van der Waals surface area contributed by atoms with Crippen LogP contribution in [0.15, 0.2) is 24.3 Å². The van der Waals surface area contributed by atoms with Gasteiger partial charge in [-0.15, -0.1) is 0 Å². The van der Waals surface area contributed by atoms with Crippen molar-refractivity contribution in [3.05, 3.63) is 29.8 Å². The SMILES string of the molecule is COc1cccc(COC2CCC(O)CC2)c1. The zero-order valence-corrected chi connectivity index (χ0v) is 10.3. The van der Waals surface area contributed by atoms with Crippen LogP contribution in [0.3, 0.4) is 0 Å². The van der Waals surface area contributed by atoms with Crippen molar-refractivity contribution >= 4 is 0 Å². The van der Waals surface area contributed by atoms with Gasteiger partial charge in [-0.05, 0) is 43.4 Å². The quantitative estimate of drug-likeness (QED) is 0.873. The average molecular weight is 236 g/mol. The van der Waals surface area contributed by atoms with E-state index in [-0.39, 0.29) is 6.10 Å². The molecule has 1 fully saturated rings. The summed E-state index contributed by atoms with van der Waals surface area (Å²) >= 11 is 0. The molecule has 0 aromatic heterocycles. The van der Waals surface area contributed by atoms with Crippen LogP contribution in [0.2, 0.25) is 0 Å². The largest absolute Gasteiger partial charge is 0.497 e. The van der Waals surface area contributed by atoms with Crippen molar-refractivity contribution in [2.75, 3.05) is 7.11 Å². The molecule has 0 spiro atoms. The summed E-state index contributed by atoms with van der Waals surface area (Å²) in [6, 6.07) is 7.94. The van der Waals surface area contributed by atoms with Gasteiger partial charge in [-0.2, -0.15) is 0 Å². The average Bonchev–Trinajstić information content (AvgIpc) is 2.38. The van der Waals surface area contributed by atoms with E-state index in [2.05, 4.69) is 0 Å². The molecule has 0 radical (unpaired) electrons. The molecule has 1 aromatic rings. The number of benzene rings is 1. The predicted octanol–water partition coefficient (Wildman–Crippen LogP) is 2.52. The monoisotopic (exact) mass is 236 g/mol. The minimum absolute atomic E-state index is 0.119. The van der Waals surface area contributed by atoms with E-state index in [0.717, 1.165) is 37.0 Å². The summed E-state index contributed by atoms with van der Waals surface area (Å²) in [5, 5.41) is 9.41. The number of methoxy groups -OCH3 is 1. The molecule has 0 aliphatic heterocycles. The van der Waals surface area contributed by atoms with Crippen LogP contribution in [0.5, 0.6) is 5.75 Å². The van der Waals surface area contributed by atoms with Crippen LogP contribution in [0, 0.1) is 0 Å². The van der Waals surface area contributed by atoms with Gasteiger partial charge in [-0.25, -0.2) is 0 Å². The van der Waals surface area contributed by atoms with Crippen molar-refractivity contribution in [1.82, 2.24) is 0 Å². The summed E-state index contributed by atoms with van der Waals surface area (Å²) < 4.78 is 11.0. The maximum Gasteiger partial charge on any atom is 0.119 e. The van der Waals surface area contributed by atoms with E-state index in [1.165, 1.54) is 0 Å². The molecule has 3 heteroatoms. The van der Waals surface area contributed by atoms with Gasteiger partial charge in [0.2, 0.25) is 0 Å². The van der Waals surface area contributed by atoms with Crippen molar-refractivity contribution in [3.8, 4) is 5.75 Å². The van der Waals surface area contributed by atoms with E-state index < -0.39 is 0 Å². The third-order valence-electron chi connectivity index (χ3n) is 3.26. The fourth-order valence-corrected chi connectivity index (χ4v) is 2.19. The standard InChI is InChI=1S/C14H20O3/c1-16-14-4-2-3-11(9-14)10-17-13-7-5-12(15)6-8-13/h2-4,9,12-13,15H,5-8,10H2,1H3. The second kappa shape index (κ2) is 6.03. The Morgan fingerprint density at radius 3 is 2.71 bits per heavy atom. The third kappa shape index (κ3) is 3.72. The molecule has 2 rings (SSSR count). The first-order valence-corrected chi connectivity index (χ1v) is 6.20. The number of ether oxygens (including phenoxy) is 2. The van der Waals surface area contributed by atoms with Crippen LogP contribution in [0.25, 0.3) is 0 Å². The van der Waals surface area contributed by atoms with Gasteiger partial charge in [0, 0.05) is 0 Å². The summed E-state index contributed by atoms with van der Waals surface area (Å²) in [5.74, 6) is 0.866. The molecular formula is C14H20O3. The molecule has 1 aliphatic carbocycles. The molecule has 0 heterocycles. The topological polar surface area (TPSA) is 38.7 Å². The van der Waals surface area contributed by atoms with Gasteiger partial charge in [-0.3, -0.25) is 0 Å². The molecule has 0 unspecified atom stereocenters. The van der Waals surface area contributed by atoms with E-state index >= 15 is 0 Å². The van der Waals surface area contributed by atoms with Crippen LogP contribution in [0.4, 0.5) is 0 Å². The van der Waals surface area contributed by atoms with Gasteiger partial charge in [0.25, 0.3) is 0 Å². The first kappa shape index (κ1) is 12.4. The van der Waals surface area contributed by atoms with Gasteiger partial charge < -0.3 is 14.6 Å². The Kier molecular flexibility index (Phi) is 4.40. The van der Waals surface area contributed by atoms with Crippen LogP contribution in [-0.2, 0) is 11.3 Å². The number of aliphatic hydroxyl groups excluding tert-OH is 1. The van der Waals surface area contributed by atoms with Crippen LogP contribution in [-0.4, -0.2) is 24.4 Å². The van der Waals surface area contributed by atoms with Crippen LogP contribution in [0.1, 0.15) is 31.2 Å². The van der Waals surface area contributed by atoms with Crippen molar-refractivity contribution < 1.29 is 14.6 Å². The highest BCUT2D eigenvalue weighted by Crippen LogP contribution is 2.22. The van der Waals surface area contributed by atoms with Gasteiger partial charge >= 0.3 is 0 Å². The van der Waals surface area contributed by atoms with Gasteiger partial charge in [-0.1, -0.05) is 12.1 Å². The Morgan fingerprint density at radius 1 is 1.24 bits per heavy atom. The molecular weight excluding hydrogens is 216 g/mol. The Bertz CT molecular complexity index is 343. The molecule has 1 N–H and O–H groups in total. The summed E-state index contributed by atoms with van der Waals surface area (Å²) in [5.41, 5.74) is 1.13. The van der Waals surface area contributed by atoms with Gasteiger partial charge in [0.15, 0.2) is 0 Å². The maximum absolute atomic E-state index is 9.41. The Labute approximate surface area is 102 Å². The molecule has 0 atom stereocenters. The zero-order valence-electron chi connectivity index (χ0n) is 10.3. The number of aliphatic hydroxyl groups is 1. The third-order valence-corrected chi connectivity index (χ3v) is 3.26. The zero-order chi connectivity index (χ0) is 12.1. The highest BCUT2D eigenvalue weighted by atomic mass is 16.5. The lowest BCUT2D eigenvalue weighted by Gasteiger charge is -2.25. The molecule has 94 valence electrons. The molecule has 3 nitrogen and oxygen atoms in total. The molecule has 0 saturated heterocycles. The van der Waals surface area contributed by atoms with E-state index in [0.29, 0.717) is 12.7 Å². The number of rotatable bonds is 4.